The minimum absolute atomic E-state index is 0.247. The molecule has 3 rings (SSSR count). The lowest BCUT2D eigenvalue weighted by molar-refractivity contribution is -0.112. The number of amides is 1. The summed E-state index contributed by atoms with van der Waals surface area (Å²) in [7, 11) is 0. The second-order valence-electron chi connectivity index (χ2n) is 6.38. The quantitative estimate of drug-likeness (QED) is 0.420. The molecule has 0 saturated carbocycles. The van der Waals surface area contributed by atoms with Crippen molar-refractivity contribution in [1.82, 2.24) is 4.98 Å². The highest BCUT2D eigenvalue weighted by atomic mass is 16.1. The van der Waals surface area contributed by atoms with E-state index in [2.05, 4.69) is 15.6 Å². The minimum Gasteiger partial charge on any atom is -0.358 e. The van der Waals surface area contributed by atoms with Crippen LogP contribution < -0.4 is 10.6 Å². The number of para-hydroxylation sites is 1. The van der Waals surface area contributed by atoms with E-state index in [1.54, 1.807) is 19.2 Å². The van der Waals surface area contributed by atoms with Gasteiger partial charge in [0.25, 0.3) is 5.91 Å². The summed E-state index contributed by atoms with van der Waals surface area (Å²) >= 11 is 0. The van der Waals surface area contributed by atoms with Gasteiger partial charge in [0.05, 0.1) is 5.57 Å². The molecular formula is C23H22N4O. The Morgan fingerprint density at radius 2 is 1.64 bits per heavy atom. The lowest BCUT2D eigenvalue weighted by Crippen LogP contribution is -2.19. The van der Waals surface area contributed by atoms with Crippen molar-refractivity contribution in [2.75, 3.05) is 10.6 Å². The van der Waals surface area contributed by atoms with Crippen LogP contribution >= 0.6 is 0 Å². The van der Waals surface area contributed by atoms with E-state index >= 15 is 0 Å². The molecule has 0 aliphatic heterocycles. The van der Waals surface area contributed by atoms with Gasteiger partial charge in [-0.1, -0.05) is 48.5 Å². The maximum absolute atomic E-state index is 12.6. The van der Waals surface area contributed by atoms with Gasteiger partial charge in [0.15, 0.2) is 0 Å². The summed E-state index contributed by atoms with van der Waals surface area (Å²) in [4.78, 5) is 16.9. The molecule has 0 aliphatic rings. The second-order valence-corrected chi connectivity index (χ2v) is 6.38. The maximum atomic E-state index is 12.6. The van der Waals surface area contributed by atoms with E-state index in [4.69, 9.17) is 5.41 Å². The van der Waals surface area contributed by atoms with Crippen molar-refractivity contribution >= 4 is 23.6 Å². The van der Waals surface area contributed by atoms with Crippen LogP contribution in [0.25, 0.3) is 11.1 Å². The van der Waals surface area contributed by atoms with E-state index in [9.17, 15) is 4.79 Å². The zero-order chi connectivity index (χ0) is 19.9. The number of aromatic nitrogens is 1. The average Bonchev–Trinajstić information content (AvgIpc) is 2.71. The Morgan fingerprint density at radius 1 is 0.929 bits per heavy atom. The zero-order valence-corrected chi connectivity index (χ0v) is 15.9. The summed E-state index contributed by atoms with van der Waals surface area (Å²) in [5, 5.41) is 13.6. The lowest BCUT2D eigenvalue weighted by atomic mass is 10.1. The topological polar surface area (TPSA) is 77.9 Å². The highest BCUT2D eigenvalue weighted by molar-refractivity contribution is 6.17. The number of benzene rings is 2. The molecule has 5 nitrogen and oxygen atoms in total. The Kier molecular flexibility index (Phi) is 5.97. The number of hydrogen-bond acceptors (Lipinski definition) is 4. The standard InChI is InChI=1S/C23H22N4O/c1-16-8-6-7-11-21(16)26-17(2)20(14-24)23(28)27-22-13-12-19(15-25-22)18-9-4-3-5-10-18/h3-15,24,26H,1-2H3,(H,25,27,28)/b20-17+,24-14?. The Labute approximate surface area is 164 Å². The summed E-state index contributed by atoms with van der Waals surface area (Å²) in [6.45, 7) is 3.76. The van der Waals surface area contributed by atoms with Crippen LogP contribution in [-0.2, 0) is 4.79 Å². The predicted octanol–water partition coefficient (Wildman–Crippen LogP) is 5.03. The van der Waals surface area contributed by atoms with Gasteiger partial charge >= 0.3 is 0 Å². The van der Waals surface area contributed by atoms with E-state index < -0.39 is 0 Å². The first-order valence-corrected chi connectivity index (χ1v) is 8.95. The van der Waals surface area contributed by atoms with Crippen LogP contribution in [0, 0.1) is 12.3 Å². The number of allylic oxidation sites excluding steroid dienone is 1. The third kappa shape index (κ3) is 4.51. The molecule has 0 spiro atoms. The molecule has 2 aromatic carbocycles. The molecule has 3 aromatic rings. The van der Waals surface area contributed by atoms with Gasteiger partial charge in [-0.25, -0.2) is 4.98 Å². The van der Waals surface area contributed by atoms with Crippen molar-refractivity contribution < 1.29 is 4.79 Å². The normalized spacial score (nSPS) is 11.4. The van der Waals surface area contributed by atoms with Gasteiger partial charge in [0.1, 0.15) is 5.82 Å². The number of aryl methyl sites for hydroxylation is 1. The highest BCUT2D eigenvalue weighted by Crippen LogP contribution is 2.20. The summed E-state index contributed by atoms with van der Waals surface area (Å²) in [6.07, 6.45) is 2.77. The lowest BCUT2D eigenvalue weighted by Gasteiger charge is -2.13. The summed E-state index contributed by atoms with van der Waals surface area (Å²) in [5.74, 6) is 0.0567. The van der Waals surface area contributed by atoms with E-state index in [-0.39, 0.29) is 11.5 Å². The molecule has 0 aliphatic carbocycles. The molecule has 0 saturated heterocycles. The minimum atomic E-state index is -0.381. The van der Waals surface area contributed by atoms with E-state index in [1.807, 2.05) is 67.6 Å². The number of hydrogen-bond donors (Lipinski definition) is 3. The molecule has 0 fully saturated rings. The van der Waals surface area contributed by atoms with Crippen molar-refractivity contribution in [3.8, 4) is 11.1 Å². The molecule has 1 aromatic heterocycles. The van der Waals surface area contributed by atoms with Gasteiger partial charge in [-0.15, -0.1) is 0 Å². The van der Waals surface area contributed by atoms with Gasteiger partial charge in [0.2, 0.25) is 0 Å². The van der Waals surface area contributed by atoms with Crippen molar-refractivity contribution in [1.29, 1.82) is 5.41 Å². The number of nitrogens with one attached hydrogen (secondary N) is 3. The number of anilines is 2. The monoisotopic (exact) mass is 370 g/mol. The SMILES string of the molecule is C/C(Nc1ccccc1C)=C(/C=N)C(=O)Nc1ccc(-c2ccccc2)cn1. The van der Waals surface area contributed by atoms with E-state index in [1.165, 1.54) is 0 Å². The fourth-order valence-electron chi connectivity index (χ4n) is 2.78. The molecule has 1 heterocycles. The first-order chi connectivity index (χ1) is 13.6. The third-order valence-electron chi connectivity index (χ3n) is 4.37. The predicted molar refractivity (Wildman–Crippen MR) is 115 cm³/mol. The van der Waals surface area contributed by atoms with Crippen LogP contribution in [0.3, 0.4) is 0 Å². The fraction of sp³-hybridized carbons (Fsp3) is 0.0870. The molecule has 0 atom stereocenters. The molecule has 0 bridgehead atoms. The van der Waals surface area contributed by atoms with Gasteiger partial charge in [-0.2, -0.15) is 0 Å². The Hall–Kier alpha value is -3.73. The molecule has 1 amide bonds. The van der Waals surface area contributed by atoms with E-state index in [0.717, 1.165) is 28.6 Å². The van der Waals surface area contributed by atoms with Gasteiger partial charge in [-0.05, 0) is 43.2 Å². The van der Waals surface area contributed by atoms with Crippen LogP contribution in [0.15, 0.2) is 84.2 Å². The second kappa shape index (κ2) is 8.77. The van der Waals surface area contributed by atoms with Crippen LogP contribution in [0.2, 0.25) is 0 Å². The first kappa shape index (κ1) is 19.0. The van der Waals surface area contributed by atoms with Gasteiger partial charge < -0.3 is 16.0 Å². The fourth-order valence-corrected chi connectivity index (χ4v) is 2.78. The Morgan fingerprint density at radius 3 is 2.29 bits per heavy atom. The van der Waals surface area contributed by atoms with Crippen molar-refractivity contribution in [2.45, 2.75) is 13.8 Å². The first-order valence-electron chi connectivity index (χ1n) is 8.95. The summed E-state index contributed by atoms with van der Waals surface area (Å²) in [5.41, 5.74) is 4.84. The van der Waals surface area contributed by atoms with Crippen molar-refractivity contribution in [3.05, 3.63) is 89.8 Å². The van der Waals surface area contributed by atoms with Crippen molar-refractivity contribution in [2.24, 2.45) is 0 Å². The van der Waals surface area contributed by atoms with Crippen LogP contribution in [0.1, 0.15) is 12.5 Å². The molecule has 0 unspecified atom stereocenters. The van der Waals surface area contributed by atoms with Gasteiger partial charge in [-0.3, -0.25) is 4.79 Å². The maximum Gasteiger partial charge on any atom is 0.260 e. The summed E-state index contributed by atoms with van der Waals surface area (Å²) < 4.78 is 0. The molecule has 0 radical (unpaired) electrons. The molecular weight excluding hydrogens is 348 g/mol. The van der Waals surface area contributed by atoms with Crippen LogP contribution in [0.5, 0.6) is 0 Å². The Balaban J connectivity index is 1.75. The number of carbonyl (C=O) groups excluding carboxylic acids is 1. The highest BCUT2D eigenvalue weighted by Gasteiger charge is 2.12. The van der Waals surface area contributed by atoms with E-state index in [0.29, 0.717) is 11.5 Å². The van der Waals surface area contributed by atoms with Crippen LogP contribution in [-0.4, -0.2) is 17.1 Å². The smallest absolute Gasteiger partial charge is 0.260 e. The Bertz CT molecular complexity index is 1010. The van der Waals surface area contributed by atoms with Crippen molar-refractivity contribution in [3.63, 3.8) is 0 Å². The molecule has 5 heteroatoms. The number of carbonyl (C=O) groups is 1. The average molecular weight is 370 g/mol. The molecule has 140 valence electrons. The van der Waals surface area contributed by atoms with Crippen LogP contribution in [0.4, 0.5) is 11.5 Å². The van der Waals surface area contributed by atoms with Gasteiger partial charge in [0, 0.05) is 29.4 Å². The number of nitrogens with zero attached hydrogens (tertiary/aromatic N) is 1. The molecule has 28 heavy (non-hydrogen) atoms. The third-order valence-corrected chi connectivity index (χ3v) is 4.37. The molecule has 3 N–H and O–H groups in total. The number of rotatable bonds is 6. The zero-order valence-electron chi connectivity index (χ0n) is 15.9. The largest absolute Gasteiger partial charge is 0.358 e. The summed E-state index contributed by atoms with van der Waals surface area (Å²) in [6, 6.07) is 21.4. The number of pyridine rings is 1.